The first-order chi connectivity index (χ1) is 7.74. The third kappa shape index (κ3) is 4.04. The molecule has 6 heteroatoms. The van der Waals surface area contributed by atoms with Gasteiger partial charge in [0.25, 0.3) is 0 Å². The fraction of sp³-hybridized carbons (Fsp3) is 0. The topological polar surface area (TPSA) is 25.8 Å². The molecule has 2 nitrogen and oxygen atoms in total. The van der Waals surface area contributed by atoms with Crippen LogP contribution in [0.1, 0.15) is 0 Å². The maximum atomic E-state index is 4.32. The van der Waals surface area contributed by atoms with Crippen molar-refractivity contribution in [2.24, 2.45) is 0 Å². The number of nitrogens with zero attached hydrogens (tertiary/aromatic N) is 2. The second kappa shape index (κ2) is 6.41. The van der Waals surface area contributed by atoms with Crippen molar-refractivity contribution in [2.45, 2.75) is 10.1 Å². The third-order valence-electron chi connectivity index (χ3n) is 1.61. The van der Waals surface area contributed by atoms with Gasteiger partial charge in [0.15, 0.2) is 0 Å². The lowest BCUT2D eigenvalue weighted by atomic mass is 10.5. The van der Waals surface area contributed by atoms with Gasteiger partial charge in [-0.05, 0) is 91.0 Å². The lowest BCUT2D eigenvalue weighted by Gasteiger charge is -1.99. The van der Waals surface area contributed by atoms with Crippen molar-refractivity contribution in [2.75, 3.05) is 0 Å². The average molecular weight is 472 g/mol. The van der Waals surface area contributed by atoms with Crippen molar-refractivity contribution < 1.29 is 0 Å². The van der Waals surface area contributed by atoms with Gasteiger partial charge in [0, 0.05) is 19.5 Å². The molecule has 0 atom stereocenters. The van der Waals surface area contributed by atoms with E-state index in [4.69, 9.17) is 0 Å². The Labute approximate surface area is 129 Å². The first-order valence-corrected chi connectivity index (χ1v) is 8.62. The fourth-order valence-electron chi connectivity index (χ4n) is 0.908. The highest BCUT2D eigenvalue weighted by Gasteiger charge is 1.99. The van der Waals surface area contributed by atoms with E-state index in [0.717, 1.165) is 17.2 Å². The molecule has 0 N–H and O–H groups in total. The molecule has 82 valence electrons. The molecular formula is C10H6I2N2S2. The molecule has 2 rings (SSSR count). The third-order valence-corrected chi connectivity index (χ3v) is 5.07. The summed E-state index contributed by atoms with van der Waals surface area (Å²) < 4.78 is 2.30. The highest BCUT2D eigenvalue weighted by atomic mass is 127. The van der Waals surface area contributed by atoms with E-state index in [2.05, 4.69) is 67.3 Å². The number of halogens is 2. The Morgan fingerprint density at radius 1 is 0.750 bits per heavy atom. The van der Waals surface area contributed by atoms with Crippen LogP contribution in [0.4, 0.5) is 0 Å². The zero-order valence-electron chi connectivity index (χ0n) is 7.93. The standard InChI is InChI=1S/C10H6I2N2S2/c11-7-1-3-9(13-5-7)15-16-10-4-2-8(12)6-14-10/h1-6H. The number of pyridine rings is 2. The highest BCUT2D eigenvalue weighted by Crippen LogP contribution is 2.34. The van der Waals surface area contributed by atoms with E-state index >= 15 is 0 Å². The maximum absolute atomic E-state index is 4.32. The van der Waals surface area contributed by atoms with E-state index in [1.54, 1.807) is 21.6 Å². The van der Waals surface area contributed by atoms with Crippen LogP contribution in [0.2, 0.25) is 0 Å². The molecule has 0 spiro atoms. The van der Waals surface area contributed by atoms with Gasteiger partial charge in [-0.2, -0.15) is 0 Å². The summed E-state index contributed by atoms with van der Waals surface area (Å²) in [6.07, 6.45) is 3.73. The second-order valence-electron chi connectivity index (χ2n) is 2.80. The number of hydrogen-bond donors (Lipinski definition) is 0. The minimum Gasteiger partial charge on any atom is -0.248 e. The van der Waals surface area contributed by atoms with Gasteiger partial charge in [0.2, 0.25) is 0 Å². The van der Waals surface area contributed by atoms with Crippen LogP contribution < -0.4 is 0 Å². The van der Waals surface area contributed by atoms with Gasteiger partial charge in [0.1, 0.15) is 10.1 Å². The van der Waals surface area contributed by atoms with Crippen molar-refractivity contribution in [3.63, 3.8) is 0 Å². The zero-order valence-corrected chi connectivity index (χ0v) is 13.9. The van der Waals surface area contributed by atoms with Crippen LogP contribution in [-0.2, 0) is 0 Å². The van der Waals surface area contributed by atoms with E-state index in [1.165, 1.54) is 0 Å². The van der Waals surface area contributed by atoms with Crippen LogP contribution in [-0.4, -0.2) is 9.97 Å². The molecule has 0 bridgehead atoms. The average Bonchev–Trinajstić information content (AvgIpc) is 2.30. The molecule has 0 amide bonds. The summed E-state index contributed by atoms with van der Waals surface area (Å²) in [6.45, 7) is 0. The SMILES string of the molecule is Ic1ccc(SSc2ccc(I)cn2)nc1. The monoisotopic (exact) mass is 472 g/mol. The van der Waals surface area contributed by atoms with Gasteiger partial charge in [-0.1, -0.05) is 0 Å². The molecule has 0 saturated carbocycles. The molecule has 0 aliphatic carbocycles. The van der Waals surface area contributed by atoms with Crippen molar-refractivity contribution in [1.29, 1.82) is 0 Å². The Morgan fingerprint density at radius 3 is 1.50 bits per heavy atom. The van der Waals surface area contributed by atoms with E-state index < -0.39 is 0 Å². The molecule has 0 saturated heterocycles. The number of aromatic nitrogens is 2. The van der Waals surface area contributed by atoms with E-state index in [9.17, 15) is 0 Å². The van der Waals surface area contributed by atoms with Crippen LogP contribution in [0.15, 0.2) is 46.7 Å². The molecule has 2 heterocycles. The molecule has 0 unspecified atom stereocenters. The van der Waals surface area contributed by atoms with E-state index in [0.29, 0.717) is 0 Å². The summed E-state index contributed by atoms with van der Waals surface area (Å²) in [7, 11) is 3.25. The Balaban J connectivity index is 1.97. The Bertz CT molecular complexity index is 414. The van der Waals surface area contributed by atoms with Crippen LogP contribution in [0.3, 0.4) is 0 Å². The molecule has 0 aliphatic rings. The van der Waals surface area contributed by atoms with Crippen LogP contribution in [0.5, 0.6) is 0 Å². The Morgan fingerprint density at radius 2 is 1.19 bits per heavy atom. The molecule has 16 heavy (non-hydrogen) atoms. The lowest BCUT2D eigenvalue weighted by molar-refractivity contribution is 1.12. The highest BCUT2D eigenvalue weighted by molar-refractivity contribution is 14.1. The molecule has 0 radical (unpaired) electrons. The quantitative estimate of drug-likeness (QED) is 0.486. The summed E-state index contributed by atoms with van der Waals surface area (Å²) in [5.41, 5.74) is 0. The van der Waals surface area contributed by atoms with Gasteiger partial charge in [-0.15, -0.1) is 0 Å². The summed E-state index contributed by atoms with van der Waals surface area (Å²) in [5.74, 6) is 0. The normalized spacial score (nSPS) is 10.4. The van der Waals surface area contributed by atoms with Crippen LogP contribution in [0.25, 0.3) is 0 Å². The summed E-state index contributed by atoms with van der Waals surface area (Å²) in [6, 6.07) is 8.15. The smallest absolute Gasteiger partial charge is 0.107 e. The van der Waals surface area contributed by atoms with E-state index in [-0.39, 0.29) is 0 Å². The van der Waals surface area contributed by atoms with Crippen molar-refractivity contribution in [1.82, 2.24) is 9.97 Å². The predicted octanol–water partition coefficient (Wildman–Crippen LogP) is 4.49. The molecule has 2 aromatic rings. The second-order valence-corrected chi connectivity index (χ2v) is 7.46. The minimum atomic E-state index is 1.01. The number of rotatable bonds is 3. The Hall–Kier alpha value is 0.460. The minimum absolute atomic E-state index is 1.01. The summed E-state index contributed by atoms with van der Waals surface area (Å²) in [5, 5.41) is 2.01. The lowest BCUT2D eigenvalue weighted by Crippen LogP contribution is -1.80. The van der Waals surface area contributed by atoms with Crippen molar-refractivity contribution in [3.05, 3.63) is 43.8 Å². The van der Waals surface area contributed by atoms with Gasteiger partial charge in [-0.3, -0.25) is 0 Å². The first kappa shape index (κ1) is 12.9. The van der Waals surface area contributed by atoms with Gasteiger partial charge in [-0.25, -0.2) is 9.97 Å². The maximum Gasteiger partial charge on any atom is 0.107 e. The van der Waals surface area contributed by atoms with Gasteiger partial charge in [0.05, 0.1) is 0 Å². The summed E-state index contributed by atoms with van der Waals surface area (Å²) >= 11 is 4.50. The van der Waals surface area contributed by atoms with Crippen molar-refractivity contribution >= 4 is 66.8 Å². The Kier molecular flexibility index (Phi) is 5.17. The summed E-state index contributed by atoms with van der Waals surface area (Å²) in [4.78, 5) is 8.63. The van der Waals surface area contributed by atoms with Crippen molar-refractivity contribution in [3.8, 4) is 0 Å². The fourth-order valence-corrected chi connectivity index (χ4v) is 3.26. The largest absolute Gasteiger partial charge is 0.248 e. The number of hydrogen-bond acceptors (Lipinski definition) is 4. The first-order valence-electron chi connectivity index (χ1n) is 4.32. The van der Waals surface area contributed by atoms with E-state index in [1.807, 2.05) is 24.5 Å². The van der Waals surface area contributed by atoms with Crippen LogP contribution >= 0.6 is 66.8 Å². The van der Waals surface area contributed by atoms with Gasteiger partial charge >= 0.3 is 0 Å². The molecular weight excluding hydrogens is 466 g/mol. The molecule has 0 fully saturated rings. The molecule has 2 aromatic heterocycles. The zero-order chi connectivity index (χ0) is 11.4. The predicted molar refractivity (Wildman–Crippen MR) is 85.6 cm³/mol. The molecule has 0 aliphatic heterocycles. The van der Waals surface area contributed by atoms with Crippen LogP contribution in [0, 0.1) is 7.14 Å². The molecule has 0 aromatic carbocycles. The van der Waals surface area contributed by atoms with Gasteiger partial charge < -0.3 is 0 Å².